The van der Waals surface area contributed by atoms with Crippen LogP contribution in [0.15, 0.2) is 97.1 Å². The SMILES string of the molecule is O=C(O)C1(Nc2cccc(Cl)c2)CCC2(CC1)c1cc(OCCN3CCCC3)ccc1CC2c1cccc(Oc2ccccc2)c1. The van der Waals surface area contributed by atoms with Crippen LogP contribution in [0, 0.1) is 0 Å². The van der Waals surface area contributed by atoms with Crippen molar-refractivity contribution in [3.8, 4) is 17.2 Å². The Balaban J connectivity index is 1.20. The third-order valence-electron chi connectivity index (χ3n) is 10.4. The second-order valence-corrected chi connectivity index (χ2v) is 13.6. The molecular formula is C39H41ClN2O4. The molecule has 7 heteroatoms. The summed E-state index contributed by atoms with van der Waals surface area (Å²) in [6, 6.07) is 32.2. The maximum Gasteiger partial charge on any atom is 0.329 e. The molecule has 3 aliphatic rings. The zero-order valence-corrected chi connectivity index (χ0v) is 26.8. The maximum absolute atomic E-state index is 12.9. The Morgan fingerprint density at radius 3 is 2.37 bits per heavy atom. The van der Waals surface area contributed by atoms with Crippen LogP contribution in [0.2, 0.25) is 5.02 Å². The second-order valence-electron chi connectivity index (χ2n) is 13.1. The van der Waals surface area contributed by atoms with E-state index in [4.69, 9.17) is 21.1 Å². The van der Waals surface area contributed by atoms with E-state index in [1.807, 2.05) is 48.5 Å². The number of hydrogen-bond acceptors (Lipinski definition) is 5. The molecule has 1 aliphatic heterocycles. The quantitative estimate of drug-likeness (QED) is 0.181. The number of anilines is 1. The minimum absolute atomic E-state index is 0.180. The number of rotatable bonds is 10. The van der Waals surface area contributed by atoms with Crippen molar-refractivity contribution in [3.63, 3.8) is 0 Å². The maximum atomic E-state index is 12.9. The summed E-state index contributed by atoms with van der Waals surface area (Å²) in [5.41, 5.74) is 3.25. The number of nitrogens with zero attached hydrogens (tertiary/aromatic N) is 1. The highest BCUT2D eigenvalue weighted by Crippen LogP contribution is 2.58. The van der Waals surface area contributed by atoms with Gasteiger partial charge in [-0.1, -0.05) is 54.1 Å². The van der Waals surface area contributed by atoms with Crippen LogP contribution in [0.25, 0.3) is 0 Å². The normalized spacial score (nSPS) is 24.1. The molecule has 6 nitrogen and oxygen atoms in total. The van der Waals surface area contributed by atoms with E-state index in [9.17, 15) is 9.90 Å². The number of carboxylic acids is 1. The number of benzene rings is 4. The second kappa shape index (κ2) is 13.0. The fourth-order valence-corrected chi connectivity index (χ4v) is 8.21. The van der Waals surface area contributed by atoms with Crippen LogP contribution in [-0.4, -0.2) is 47.8 Å². The van der Waals surface area contributed by atoms with E-state index < -0.39 is 11.5 Å². The van der Waals surface area contributed by atoms with Crippen LogP contribution in [0.5, 0.6) is 17.2 Å². The van der Waals surface area contributed by atoms with E-state index in [1.165, 1.54) is 29.5 Å². The van der Waals surface area contributed by atoms with Crippen molar-refractivity contribution in [2.45, 2.75) is 61.8 Å². The summed E-state index contributed by atoms with van der Waals surface area (Å²) in [6.45, 7) is 3.91. The van der Waals surface area contributed by atoms with Gasteiger partial charge in [0.1, 0.15) is 29.4 Å². The van der Waals surface area contributed by atoms with Crippen molar-refractivity contribution >= 4 is 23.3 Å². The third-order valence-corrected chi connectivity index (χ3v) is 10.7. The molecular weight excluding hydrogens is 596 g/mol. The lowest BCUT2D eigenvalue weighted by Crippen LogP contribution is -2.52. The molecule has 1 spiro atoms. The minimum atomic E-state index is -1.08. The van der Waals surface area contributed by atoms with Gasteiger partial charge in [-0.3, -0.25) is 4.90 Å². The largest absolute Gasteiger partial charge is 0.492 e. The van der Waals surface area contributed by atoms with E-state index in [0.717, 1.165) is 61.8 Å². The molecule has 1 unspecified atom stereocenters. The summed E-state index contributed by atoms with van der Waals surface area (Å²) >= 11 is 6.27. The molecule has 2 aliphatic carbocycles. The van der Waals surface area contributed by atoms with Crippen molar-refractivity contribution in [1.29, 1.82) is 0 Å². The van der Waals surface area contributed by atoms with Gasteiger partial charge >= 0.3 is 5.97 Å². The fourth-order valence-electron chi connectivity index (χ4n) is 8.02. The molecule has 1 heterocycles. The van der Waals surface area contributed by atoms with Crippen molar-refractivity contribution in [2.24, 2.45) is 0 Å². The Morgan fingerprint density at radius 1 is 0.848 bits per heavy atom. The van der Waals surface area contributed by atoms with Gasteiger partial charge in [-0.05, 0) is 135 Å². The molecule has 1 saturated heterocycles. The molecule has 4 aromatic rings. The smallest absolute Gasteiger partial charge is 0.329 e. The topological polar surface area (TPSA) is 71.0 Å². The van der Waals surface area contributed by atoms with Crippen LogP contribution in [0.1, 0.15) is 61.1 Å². The number of aliphatic carboxylic acids is 1. The molecule has 0 radical (unpaired) electrons. The number of carboxylic acid groups (broad SMARTS) is 1. The molecule has 0 bridgehead atoms. The van der Waals surface area contributed by atoms with E-state index in [0.29, 0.717) is 24.5 Å². The van der Waals surface area contributed by atoms with Gasteiger partial charge in [-0.2, -0.15) is 0 Å². The van der Waals surface area contributed by atoms with Crippen LogP contribution >= 0.6 is 11.6 Å². The summed E-state index contributed by atoms with van der Waals surface area (Å²) in [5.74, 6) is 1.86. The highest BCUT2D eigenvalue weighted by Gasteiger charge is 2.54. The summed E-state index contributed by atoms with van der Waals surface area (Å²) in [6.07, 6.45) is 5.86. The third kappa shape index (κ3) is 6.21. The van der Waals surface area contributed by atoms with Crippen molar-refractivity contribution in [2.75, 3.05) is 31.6 Å². The van der Waals surface area contributed by atoms with Crippen LogP contribution < -0.4 is 14.8 Å². The van der Waals surface area contributed by atoms with Crippen LogP contribution in [0.3, 0.4) is 0 Å². The van der Waals surface area contributed by atoms with Crippen molar-refractivity contribution in [3.05, 3.63) is 119 Å². The van der Waals surface area contributed by atoms with Gasteiger partial charge in [-0.25, -0.2) is 4.79 Å². The van der Waals surface area contributed by atoms with Crippen LogP contribution in [-0.2, 0) is 16.6 Å². The molecule has 46 heavy (non-hydrogen) atoms. The fraction of sp³-hybridized carbons (Fsp3) is 0.359. The van der Waals surface area contributed by atoms with Gasteiger partial charge in [0.15, 0.2) is 0 Å². The minimum Gasteiger partial charge on any atom is -0.492 e. The standard InChI is InChI=1S/C39H41ClN2O4/c40-30-9-7-10-31(26-30)41-39(37(43)44)18-16-38(17-19-39)35(28-8-6-13-34(24-28)46-32-11-2-1-3-12-32)25-29-14-15-33(27-36(29)38)45-23-22-42-20-4-5-21-42/h1-3,6-15,24,26-27,35,41H,4-5,16-23,25H2,(H,43,44). The van der Waals surface area contributed by atoms with Crippen molar-refractivity contribution in [1.82, 2.24) is 4.90 Å². The Morgan fingerprint density at radius 2 is 1.61 bits per heavy atom. The first-order chi connectivity index (χ1) is 22.4. The highest BCUT2D eigenvalue weighted by atomic mass is 35.5. The number of carbonyl (C=O) groups is 1. The molecule has 238 valence electrons. The summed E-state index contributed by atoms with van der Waals surface area (Å²) < 4.78 is 12.6. The van der Waals surface area contributed by atoms with Crippen molar-refractivity contribution < 1.29 is 19.4 Å². The Bertz CT molecular complexity index is 1680. The Hall–Kier alpha value is -4.00. The van der Waals surface area contributed by atoms with E-state index >= 15 is 0 Å². The predicted octanol–water partition coefficient (Wildman–Crippen LogP) is 8.69. The van der Waals surface area contributed by atoms with E-state index in [2.05, 4.69) is 46.6 Å². The highest BCUT2D eigenvalue weighted by molar-refractivity contribution is 6.30. The first kappa shape index (κ1) is 30.6. The first-order valence-corrected chi connectivity index (χ1v) is 16.9. The summed E-state index contributed by atoms with van der Waals surface area (Å²) in [7, 11) is 0. The molecule has 2 fully saturated rings. The zero-order chi connectivity index (χ0) is 31.6. The predicted molar refractivity (Wildman–Crippen MR) is 183 cm³/mol. The van der Waals surface area contributed by atoms with E-state index in [1.54, 1.807) is 12.1 Å². The van der Waals surface area contributed by atoms with Gasteiger partial charge < -0.3 is 19.9 Å². The lowest BCUT2D eigenvalue weighted by Gasteiger charge is -2.47. The molecule has 0 aromatic heterocycles. The lowest BCUT2D eigenvalue weighted by atomic mass is 9.59. The number of nitrogens with one attached hydrogen (secondary N) is 1. The Kier molecular flexibility index (Phi) is 8.67. The van der Waals surface area contributed by atoms with Gasteiger partial charge in [0.05, 0.1) is 0 Å². The van der Waals surface area contributed by atoms with Gasteiger partial charge in [0, 0.05) is 22.7 Å². The molecule has 7 rings (SSSR count). The van der Waals surface area contributed by atoms with Crippen LogP contribution in [0.4, 0.5) is 5.69 Å². The summed E-state index contributed by atoms with van der Waals surface area (Å²) in [4.78, 5) is 15.4. The zero-order valence-electron chi connectivity index (χ0n) is 26.1. The molecule has 0 amide bonds. The first-order valence-electron chi connectivity index (χ1n) is 16.5. The average molecular weight is 637 g/mol. The number of para-hydroxylation sites is 1. The number of ether oxygens (including phenoxy) is 2. The molecule has 1 atom stereocenters. The van der Waals surface area contributed by atoms with Gasteiger partial charge in [-0.15, -0.1) is 0 Å². The average Bonchev–Trinajstić information content (AvgIpc) is 3.69. The van der Waals surface area contributed by atoms with E-state index in [-0.39, 0.29) is 11.3 Å². The monoisotopic (exact) mass is 636 g/mol. The molecule has 2 N–H and O–H groups in total. The number of likely N-dealkylation sites (tertiary alicyclic amines) is 1. The molecule has 4 aromatic carbocycles. The Labute approximate surface area is 276 Å². The number of halogens is 1. The summed E-state index contributed by atoms with van der Waals surface area (Å²) in [5, 5.41) is 14.6. The van der Waals surface area contributed by atoms with Gasteiger partial charge in [0.2, 0.25) is 0 Å². The number of fused-ring (bicyclic) bond motifs is 2. The molecule has 1 saturated carbocycles. The number of hydrogen-bond donors (Lipinski definition) is 2. The lowest BCUT2D eigenvalue weighted by molar-refractivity contribution is -0.144. The van der Waals surface area contributed by atoms with Gasteiger partial charge in [0.25, 0.3) is 0 Å².